The molecule has 3 nitrogen and oxygen atoms in total. The molecule has 2 aromatic rings. The second kappa shape index (κ2) is 6.58. The highest BCUT2D eigenvalue weighted by Gasteiger charge is 2.11. The van der Waals surface area contributed by atoms with Gasteiger partial charge in [0, 0.05) is 15.5 Å². The standard InChI is InChI=1S/C13H12ClFN2OS2/c1-7-8(4-12(20-7)13(18)17-16)6-19-9-2-3-11(15)10(14)5-9/h2-5H,6,16H2,1H3,(H,17,18). The van der Waals surface area contributed by atoms with Crippen molar-refractivity contribution in [2.45, 2.75) is 17.6 Å². The molecule has 20 heavy (non-hydrogen) atoms. The van der Waals surface area contributed by atoms with E-state index in [1.165, 1.54) is 29.2 Å². The van der Waals surface area contributed by atoms with Gasteiger partial charge in [-0.2, -0.15) is 0 Å². The van der Waals surface area contributed by atoms with Crippen LogP contribution in [0.5, 0.6) is 0 Å². The smallest absolute Gasteiger partial charge is 0.275 e. The van der Waals surface area contributed by atoms with Gasteiger partial charge in [-0.15, -0.1) is 23.1 Å². The number of hydrogen-bond acceptors (Lipinski definition) is 4. The van der Waals surface area contributed by atoms with E-state index in [-0.39, 0.29) is 10.9 Å². The molecule has 0 fully saturated rings. The maximum Gasteiger partial charge on any atom is 0.275 e. The van der Waals surface area contributed by atoms with Gasteiger partial charge >= 0.3 is 0 Å². The van der Waals surface area contributed by atoms with Crippen LogP contribution in [0.4, 0.5) is 4.39 Å². The Hall–Kier alpha value is -1.08. The van der Waals surface area contributed by atoms with E-state index < -0.39 is 5.82 Å². The van der Waals surface area contributed by atoms with Crippen LogP contribution in [0.15, 0.2) is 29.2 Å². The van der Waals surface area contributed by atoms with Crippen LogP contribution in [0.3, 0.4) is 0 Å². The monoisotopic (exact) mass is 330 g/mol. The first-order valence-electron chi connectivity index (χ1n) is 5.69. The molecular formula is C13H12ClFN2OS2. The van der Waals surface area contributed by atoms with E-state index in [1.807, 2.05) is 13.0 Å². The average Bonchev–Trinajstić information content (AvgIpc) is 2.80. The quantitative estimate of drug-likeness (QED) is 0.388. The highest BCUT2D eigenvalue weighted by Crippen LogP contribution is 2.30. The van der Waals surface area contributed by atoms with Crippen LogP contribution in [-0.2, 0) is 5.75 Å². The number of hydrogen-bond donors (Lipinski definition) is 2. The van der Waals surface area contributed by atoms with E-state index >= 15 is 0 Å². The summed E-state index contributed by atoms with van der Waals surface area (Å²) in [4.78, 5) is 14.0. The van der Waals surface area contributed by atoms with Crippen molar-refractivity contribution in [2.24, 2.45) is 5.84 Å². The van der Waals surface area contributed by atoms with Gasteiger partial charge in [0.1, 0.15) is 5.82 Å². The maximum atomic E-state index is 13.1. The van der Waals surface area contributed by atoms with E-state index in [1.54, 1.807) is 12.1 Å². The lowest BCUT2D eigenvalue weighted by atomic mass is 10.3. The minimum Gasteiger partial charge on any atom is -0.289 e. The number of aryl methyl sites for hydroxylation is 1. The van der Waals surface area contributed by atoms with Crippen molar-refractivity contribution in [1.29, 1.82) is 0 Å². The number of halogens is 2. The molecule has 0 atom stereocenters. The molecule has 3 N–H and O–H groups in total. The average molecular weight is 331 g/mol. The van der Waals surface area contributed by atoms with E-state index in [9.17, 15) is 9.18 Å². The zero-order chi connectivity index (χ0) is 14.7. The number of benzene rings is 1. The largest absolute Gasteiger partial charge is 0.289 e. The topological polar surface area (TPSA) is 55.1 Å². The van der Waals surface area contributed by atoms with E-state index in [4.69, 9.17) is 17.4 Å². The lowest BCUT2D eigenvalue weighted by Gasteiger charge is -2.02. The molecule has 0 bridgehead atoms. The maximum absolute atomic E-state index is 13.1. The Kier molecular flexibility index (Phi) is 5.04. The van der Waals surface area contributed by atoms with Gasteiger partial charge in [0.05, 0.1) is 9.90 Å². The van der Waals surface area contributed by atoms with Crippen molar-refractivity contribution in [2.75, 3.05) is 0 Å². The molecule has 7 heteroatoms. The molecule has 1 aromatic heterocycles. The number of rotatable bonds is 4. The zero-order valence-electron chi connectivity index (χ0n) is 10.6. The van der Waals surface area contributed by atoms with Gasteiger partial charge in [-0.25, -0.2) is 10.2 Å². The van der Waals surface area contributed by atoms with Gasteiger partial charge in [-0.1, -0.05) is 11.6 Å². The molecular weight excluding hydrogens is 319 g/mol. The van der Waals surface area contributed by atoms with Gasteiger partial charge in [-0.05, 0) is 36.8 Å². The predicted octanol–water partition coefficient (Wildman–Crippen LogP) is 3.74. The van der Waals surface area contributed by atoms with Crippen LogP contribution in [0.2, 0.25) is 5.02 Å². The van der Waals surface area contributed by atoms with E-state index in [2.05, 4.69) is 5.43 Å². The molecule has 0 aliphatic rings. The third-order valence-electron chi connectivity index (χ3n) is 2.66. The fourth-order valence-electron chi connectivity index (χ4n) is 1.57. The van der Waals surface area contributed by atoms with Crippen molar-refractivity contribution in [3.8, 4) is 0 Å². The Morgan fingerprint density at radius 3 is 2.90 bits per heavy atom. The molecule has 0 radical (unpaired) electrons. The van der Waals surface area contributed by atoms with Gasteiger partial charge in [0.2, 0.25) is 0 Å². The third-order valence-corrected chi connectivity index (χ3v) is 5.08. The molecule has 0 saturated carbocycles. The number of nitrogen functional groups attached to an aromatic ring is 1. The Morgan fingerprint density at radius 2 is 2.25 bits per heavy atom. The molecule has 0 unspecified atom stereocenters. The van der Waals surface area contributed by atoms with Crippen molar-refractivity contribution >= 4 is 40.6 Å². The molecule has 2 rings (SSSR count). The Balaban J connectivity index is 2.08. The van der Waals surface area contributed by atoms with Crippen LogP contribution in [0.25, 0.3) is 0 Å². The highest BCUT2D eigenvalue weighted by molar-refractivity contribution is 7.98. The van der Waals surface area contributed by atoms with Crippen LogP contribution < -0.4 is 11.3 Å². The zero-order valence-corrected chi connectivity index (χ0v) is 13.0. The fraction of sp³-hybridized carbons (Fsp3) is 0.154. The summed E-state index contributed by atoms with van der Waals surface area (Å²) >= 11 is 8.67. The molecule has 0 aliphatic carbocycles. The van der Waals surface area contributed by atoms with Gasteiger partial charge < -0.3 is 0 Å². The number of amides is 1. The predicted molar refractivity (Wildman–Crippen MR) is 81.7 cm³/mol. The first kappa shape index (κ1) is 15.3. The molecule has 1 aromatic carbocycles. The molecule has 1 amide bonds. The van der Waals surface area contributed by atoms with Gasteiger partial charge in [-0.3, -0.25) is 10.2 Å². The Morgan fingerprint density at radius 1 is 1.50 bits per heavy atom. The highest BCUT2D eigenvalue weighted by atomic mass is 35.5. The normalized spacial score (nSPS) is 10.6. The summed E-state index contributed by atoms with van der Waals surface area (Å²) in [5.74, 6) is 5.07. The van der Waals surface area contributed by atoms with Crippen LogP contribution in [0, 0.1) is 12.7 Å². The first-order valence-corrected chi connectivity index (χ1v) is 7.87. The minimum absolute atomic E-state index is 0.111. The van der Waals surface area contributed by atoms with Crippen LogP contribution >= 0.6 is 34.7 Å². The van der Waals surface area contributed by atoms with Crippen LogP contribution in [0.1, 0.15) is 20.1 Å². The molecule has 106 valence electrons. The lowest BCUT2D eigenvalue weighted by molar-refractivity contribution is 0.0957. The summed E-state index contributed by atoms with van der Waals surface area (Å²) in [7, 11) is 0. The minimum atomic E-state index is -0.426. The summed E-state index contributed by atoms with van der Waals surface area (Å²) in [6.07, 6.45) is 0. The number of hydrazine groups is 1. The van der Waals surface area contributed by atoms with Crippen molar-refractivity contribution in [3.05, 3.63) is 50.4 Å². The third kappa shape index (κ3) is 3.52. The van der Waals surface area contributed by atoms with Crippen molar-refractivity contribution in [3.63, 3.8) is 0 Å². The summed E-state index contributed by atoms with van der Waals surface area (Å²) in [6, 6.07) is 6.44. The van der Waals surface area contributed by atoms with Gasteiger partial charge in [0.25, 0.3) is 5.91 Å². The lowest BCUT2D eigenvalue weighted by Crippen LogP contribution is -2.29. The van der Waals surface area contributed by atoms with Crippen molar-refractivity contribution < 1.29 is 9.18 Å². The van der Waals surface area contributed by atoms with Gasteiger partial charge in [0.15, 0.2) is 0 Å². The van der Waals surface area contributed by atoms with Crippen LogP contribution in [-0.4, -0.2) is 5.91 Å². The summed E-state index contributed by atoms with van der Waals surface area (Å²) in [5, 5.41) is 0.111. The van der Waals surface area contributed by atoms with E-state index in [0.29, 0.717) is 10.6 Å². The number of nitrogens with one attached hydrogen (secondary N) is 1. The summed E-state index contributed by atoms with van der Waals surface area (Å²) in [5.41, 5.74) is 3.17. The number of thiophene rings is 1. The molecule has 1 heterocycles. The molecule has 0 aliphatic heterocycles. The Labute approximate surface area is 129 Å². The summed E-state index contributed by atoms with van der Waals surface area (Å²) in [6.45, 7) is 1.95. The number of carbonyl (C=O) groups excluding carboxylic acids is 1. The second-order valence-corrected chi connectivity index (χ2v) is 6.74. The number of carbonyl (C=O) groups is 1. The van der Waals surface area contributed by atoms with Crippen molar-refractivity contribution in [1.82, 2.24) is 5.43 Å². The Bertz CT molecular complexity index is 645. The number of thioether (sulfide) groups is 1. The molecule has 0 saturated heterocycles. The summed E-state index contributed by atoms with van der Waals surface area (Å²) < 4.78 is 13.1. The second-order valence-electron chi connectivity index (χ2n) is 4.03. The fourth-order valence-corrected chi connectivity index (χ4v) is 3.84. The van der Waals surface area contributed by atoms with E-state index in [0.717, 1.165) is 15.3 Å². The molecule has 0 spiro atoms. The SMILES string of the molecule is Cc1sc(C(=O)NN)cc1CSc1ccc(F)c(Cl)c1. The first-order chi connectivity index (χ1) is 9.51. The number of nitrogens with two attached hydrogens (primary N) is 1.